The molecule has 0 aliphatic carbocycles. The van der Waals surface area contributed by atoms with E-state index in [4.69, 9.17) is 18.0 Å². The van der Waals surface area contributed by atoms with Crippen LogP contribution in [0, 0.1) is 12.3 Å². The second-order valence-electron chi connectivity index (χ2n) is 5.45. The molecule has 0 unspecified atom stereocenters. The van der Waals surface area contributed by atoms with E-state index in [1.807, 2.05) is 19.1 Å². The Morgan fingerprint density at radius 2 is 2.06 bits per heavy atom. The quantitative estimate of drug-likeness (QED) is 0.808. The lowest BCUT2D eigenvalue weighted by Crippen LogP contribution is -2.18. The van der Waals surface area contributed by atoms with Crippen LogP contribution in [0.3, 0.4) is 0 Å². The van der Waals surface area contributed by atoms with Gasteiger partial charge in [0.05, 0.1) is 5.56 Å². The summed E-state index contributed by atoms with van der Waals surface area (Å²) in [6, 6.07) is 3.84. The van der Waals surface area contributed by atoms with Gasteiger partial charge in [-0.2, -0.15) is 0 Å². The Kier molecular flexibility index (Phi) is 4.46. The number of nitrogens with one attached hydrogen (secondary N) is 1. The molecule has 4 heteroatoms. The summed E-state index contributed by atoms with van der Waals surface area (Å²) in [6.07, 6.45) is 1.07. The maximum absolute atomic E-state index is 5.67. The molecule has 1 heterocycles. The maximum atomic E-state index is 5.67. The highest BCUT2D eigenvalue weighted by Gasteiger charge is 2.11. The number of nitrogens with two attached hydrogens (primary N) is 1. The number of thiocarbonyl (C=S) groups is 1. The van der Waals surface area contributed by atoms with Crippen LogP contribution in [0.1, 0.15) is 38.4 Å². The number of pyridine rings is 1. The average Bonchev–Trinajstić information content (AvgIpc) is 2.15. The number of nitrogens with zero attached hydrogens (tertiary/aromatic N) is 1. The standard InChI is InChI=1S/C13H21N3S/c1-9-5-6-10(11(14)17)12(16-9)15-8-7-13(2,3)4/h5-6H,7-8H2,1-4H3,(H2,14,17)(H,15,16). The first-order valence-electron chi connectivity index (χ1n) is 5.81. The average molecular weight is 251 g/mol. The largest absolute Gasteiger partial charge is 0.389 e. The lowest BCUT2D eigenvalue weighted by molar-refractivity contribution is 0.389. The van der Waals surface area contributed by atoms with Crippen molar-refractivity contribution in [1.29, 1.82) is 0 Å². The van der Waals surface area contributed by atoms with Crippen molar-refractivity contribution < 1.29 is 0 Å². The molecule has 0 bridgehead atoms. The molecule has 0 aromatic carbocycles. The summed E-state index contributed by atoms with van der Waals surface area (Å²) in [4.78, 5) is 4.82. The fourth-order valence-corrected chi connectivity index (χ4v) is 1.61. The summed E-state index contributed by atoms with van der Waals surface area (Å²) in [5.74, 6) is 0.793. The van der Waals surface area contributed by atoms with Crippen molar-refractivity contribution in [2.45, 2.75) is 34.1 Å². The molecule has 0 aliphatic heterocycles. The zero-order valence-corrected chi connectivity index (χ0v) is 11.8. The number of anilines is 1. The van der Waals surface area contributed by atoms with Crippen molar-refractivity contribution in [3.05, 3.63) is 23.4 Å². The fraction of sp³-hybridized carbons (Fsp3) is 0.538. The van der Waals surface area contributed by atoms with Gasteiger partial charge < -0.3 is 11.1 Å². The number of rotatable bonds is 4. The van der Waals surface area contributed by atoms with E-state index < -0.39 is 0 Å². The molecule has 0 radical (unpaired) electrons. The number of aryl methyl sites for hydroxylation is 1. The molecule has 1 aromatic heterocycles. The molecule has 0 spiro atoms. The number of aromatic nitrogens is 1. The molecule has 0 saturated heterocycles. The SMILES string of the molecule is Cc1ccc(C(N)=S)c(NCCC(C)(C)C)n1. The Labute approximate surface area is 109 Å². The summed E-state index contributed by atoms with van der Waals surface area (Å²) >= 11 is 5.01. The summed E-state index contributed by atoms with van der Waals surface area (Å²) in [6.45, 7) is 9.47. The van der Waals surface area contributed by atoms with Gasteiger partial charge in [-0.15, -0.1) is 0 Å². The summed E-state index contributed by atoms with van der Waals surface area (Å²) < 4.78 is 0. The predicted octanol–water partition coefficient (Wildman–Crippen LogP) is 2.87. The minimum atomic E-state index is 0.306. The third-order valence-electron chi connectivity index (χ3n) is 2.47. The molecule has 1 aromatic rings. The molecule has 0 atom stereocenters. The third-order valence-corrected chi connectivity index (χ3v) is 2.69. The van der Waals surface area contributed by atoms with Gasteiger partial charge in [-0.1, -0.05) is 33.0 Å². The van der Waals surface area contributed by atoms with E-state index in [0.29, 0.717) is 10.4 Å². The predicted molar refractivity (Wildman–Crippen MR) is 77.4 cm³/mol. The molecule has 17 heavy (non-hydrogen) atoms. The van der Waals surface area contributed by atoms with E-state index in [2.05, 4.69) is 31.1 Å². The molecule has 0 aliphatic rings. The van der Waals surface area contributed by atoms with Gasteiger partial charge in [-0.25, -0.2) is 4.98 Å². The van der Waals surface area contributed by atoms with Gasteiger partial charge in [-0.05, 0) is 30.9 Å². The zero-order chi connectivity index (χ0) is 13.1. The van der Waals surface area contributed by atoms with Gasteiger partial charge in [0, 0.05) is 12.2 Å². The van der Waals surface area contributed by atoms with Gasteiger partial charge >= 0.3 is 0 Å². The zero-order valence-electron chi connectivity index (χ0n) is 11.0. The van der Waals surface area contributed by atoms with Crippen molar-refractivity contribution in [1.82, 2.24) is 4.98 Å². The molecule has 0 fully saturated rings. The summed E-state index contributed by atoms with van der Waals surface area (Å²) in [5.41, 5.74) is 7.76. The molecule has 1 rings (SSSR count). The molecular weight excluding hydrogens is 230 g/mol. The lowest BCUT2D eigenvalue weighted by Gasteiger charge is -2.19. The van der Waals surface area contributed by atoms with Gasteiger partial charge in [0.25, 0.3) is 0 Å². The van der Waals surface area contributed by atoms with Gasteiger partial charge in [0.2, 0.25) is 0 Å². The van der Waals surface area contributed by atoms with E-state index in [-0.39, 0.29) is 0 Å². The highest BCUT2D eigenvalue weighted by Crippen LogP contribution is 2.19. The monoisotopic (exact) mass is 251 g/mol. The molecule has 0 amide bonds. The second kappa shape index (κ2) is 5.45. The van der Waals surface area contributed by atoms with Crippen molar-refractivity contribution in [2.75, 3.05) is 11.9 Å². The number of hydrogen-bond acceptors (Lipinski definition) is 3. The number of hydrogen-bond donors (Lipinski definition) is 2. The summed E-state index contributed by atoms with van der Waals surface area (Å²) in [7, 11) is 0. The van der Waals surface area contributed by atoms with Crippen LogP contribution in [-0.2, 0) is 0 Å². The van der Waals surface area contributed by atoms with Crippen molar-refractivity contribution in [3.8, 4) is 0 Å². The van der Waals surface area contributed by atoms with E-state index >= 15 is 0 Å². The van der Waals surface area contributed by atoms with Crippen LogP contribution in [0.25, 0.3) is 0 Å². The van der Waals surface area contributed by atoms with E-state index in [1.165, 1.54) is 0 Å². The normalized spacial score (nSPS) is 11.3. The highest BCUT2D eigenvalue weighted by atomic mass is 32.1. The second-order valence-corrected chi connectivity index (χ2v) is 5.89. The van der Waals surface area contributed by atoms with Crippen LogP contribution in [0.4, 0.5) is 5.82 Å². The minimum absolute atomic E-state index is 0.306. The van der Waals surface area contributed by atoms with Crippen LogP contribution >= 0.6 is 12.2 Å². The molecule has 94 valence electrons. The van der Waals surface area contributed by atoms with Crippen LogP contribution in [0.2, 0.25) is 0 Å². The van der Waals surface area contributed by atoms with Crippen LogP contribution < -0.4 is 11.1 Å². The van der Waals surface area contributed by atoms with Crippen LogP contribution in [0.5, 0.6) is 0 Å². The first kappa shape index (κ1) is 13.9. The lowest BCUT2D eigenvalue weighted by atomic mass is 9.92. The Bertz CT molecular complexity index is 408. The maximum Gasteiger partial charge on any atom is 0.136 e. The third kappa shape index (κ3) is 4.69. The van der Waals surface area contributed by atoms with Crippen molar-refractivity contribution in [2.24, 2.45) is 11.1 Å². The topological polar surface area (TPSA) is 50.9 Å². The van der Waals surface area contributed by atoms with E-state index in [1.54, 1.807) is 0 Å². The minimum Gasteiger partial charge on any atom is -0.389 e. The molecular formula is C13H21N3S. The highest BCUT2D eigenvalue weighted by molar-refractivity contribution is 7.80. The Balaban J connectivity index is 2.75. The Morgan fingerprint density at radius 3 is 2.59 bits per heavy atom. The van der Waals surface area contributed by atoms with Gasteiger partial charge in [-0.3, -0.25) is 0 Å². The molecule has 3 N–H and O–H groups in total. The molecule has 3 nitrogen and oxygen atoms in total. The Morgan fingerprint density at radius 1 is 1.41 bits per heavy atom. The summed E-state index contributed by atoms with van der Waals surface area (Å²) in [5, 5.41) is 3.31. The first-order chi connectivity index (χ1) is 7.79. The van der Waals surface area contributed by atoms with Crippen LogP contribution in [-0.4, -0.2) is 16.5 Å². The Hall–Kier alpha value is -1.16. The van der Waals surface area contributed by atoms with Crippen LogP contribution in [0.15, 0.2) is 12.1 Å². The van der Waals surface area contributed by atoms with Crippen molar-refractivity contribution >= 4 is 23.0 Å². The van der Waals surface area contributed by atoms with Gasteiger partial charge in [0.1, 0.15) is 10.8 Å². The van der Waals surface area contributed by atoms with Crippen molar-refractivity contribution in [3.63, 3.8) is 0 Å². The molecule has 0 saturated carbocycles. The smallest absolute Gasteiger partial charge is 0.136 e. The first-order valence-corrected chi connectivity index (χ1v) is 6.22. The van der Waals surface area contributed by atoms with E-state index in [9.17, 15) is 0 Å². The fourth-order valence-electron chi connectivity index (χ4n) is 1.45. The van der Waals surface area contributed by atoms with Gasteiger partial charge in [0.15, 0.2) is 0 Å². The van der Waals surface area contributed by atoms with E-state index in [0.717, 1.165) is 30.0 Å².